The van der Waals surface area contributed by atoms with Crippen LogP contribution in [0.5, 0.6) is 0 Å². The van der Waals surface area contributed by atoms with Crippen LogP contribution in [-0.2, 0) is 21.4 Å². The Morgan fingerprint density at radius 3 is 2.86 bits per heavy atom. The number of hydrogen-bond acceptors (Lipinski definition) is 7. The number of hydrogen-bond donors (Lipinski definition) is 1. The third-order valence-corrected chi connectivity index (χ3v) is 3.28. The minimum atomic E-state index is -4.04. The summed E-state index contributed by atoms with van der Waals surface area (Å²) in [5, 5.41) is 3.97. The van der Waals surface area contributed by atoms with E-state index in [0.29, 0.717) is 5.56 Å². The number of ether oxygens (including phenoxy) is 1. The molecule has 0 saturated carbocycles. The molecule has 0 aliphatic heterocycles. The molecule has 0 spiro atoms. The summed E-state index contributed by atoms with van der Waals surface area (Å²) < 4.78 is 41.3. The highest BCUT2D eigenvalue weighted by atomic mass is 32.2. The number of nitrogens with zero attached hydrogens (tertiary/aromatic N) is 3. The second-order valence-electron chi connectivity index (χ2n) is 4.22. The summed E-state index contributed by atoms with van der Waals surface area (Å²) in [5.41, 5.74) is 0.568. The fourth-order valence-electron chi connectivity index (χ4n) is 1.56. The van der Waals surface area contributed by atoms with Crippen molar-refractivity contribution in [3.05, 3.63) is 30.4 Å². The number of esters is 1. The van der Waals surface area contributed by atoms with Crippen LogP contribution in [0.3, 0.4) is 0 Å². The van der Waals surface area contributed by atoms with Crippen molar-refractivity contribution in [2.24, 2.45) is 0 Å². The molecule has 10 heteroatoms. The van der Waals surface area contributed by atoms with Gasteiger partial charge in [-0.1, -0.05) is 4.68 Å². The van der Waals surface area contributed by atoms with Gasteiger partial charge < -0.3 is 9.15 Å². The zero-order chi connectivity index (χ0) is 16.2. The Balaban J connectivity index is 2.09. The van der Waals surface area contributed by atoms with Gasteiger partial charge in [-0.05, 0) is 12.0 Å². The molecular weight excluding hydrogens is 314 g/mol. The third-order valence-electron chi connectivity index (χ3n) is 2.59. The lowest BCUT2D eigenvalue weighted by atomic mass is 10.3. The summed E-state index contributed by atoms with van der Waals surface area (Å²) in [6, 6.07) is 1.60. The maximum atomic E-state index is 11.5. The van der Waals surface area contributed by atoms with E-state index in [1.807, 2.05) is 0 Å². The first kappa shape index (κ1) is 16.0. The van der Waals surface area contributed by atoms with Gasteiger partial charge in [0.05, 0.1) is 12.2 Å². The molecule has 0 saturated heterocycles. The smallest absolute Gasteiger partial charge is 0.360 e. The zero-order valence-electron chi connectivity index (χ0n) is 11.7. The van der Waals surface area contributed by atoms with Gasteiger partial charge in [-0.2, -0.15) is 8.42 Å². The molecule has 0 unspecified atom stereocenters. The van der Waals surface area contributed by atoms with E-state index in [0.717, 1.165) is 0 Å². The van der Waals surface area contributed by atoms with E-state index in [1.54, 1.807) is 13.0 Å². The highest BCUT2D eigenvalue weighted by molar-refractivity contribution is 7.85. The summed E-state index contributed by atoms with van der Waals surface area (Å²) in [6.45, 7) is 1.94. The van der Waals surface area contributed by atoms with Crippen LogP contribution in [0.1, 0.15) is 17.4 Å². The Hall–Kier alpha value is -2.33. The maximum absolute atomic E-state index is 11.5. The average molecular weight is 328 g/mol. The molecule has 0 fully saturated rings. The molecule has 118 valence electrons. The van der Waals surface area contributed by atoms with Crippen LogP contribution in [0, 0.1) is 0 Å². The van der Waals surface area contributed by atoms with Crippen molar-refractivity contribution in [1.82, 2.24) is 10.1 Å². The molecule has 2 aromatic heterocycles. The van der Waals surface area contributed by atoms with Crippen molar-refractivity contribution in [3.8, 4) is 11.5 Å². The summed E-state index contributed by atoms with van der Waals surface area (Å²) in [6.07, 6.45) is 4.10. The van der Waals surface area contributed by atoms with Gasteiger partial charge in [0, 0.05) is 6.07 Å². The highest BCUT2D eigenvalue weighted by Gasteiger charge is 2.16. The molecule has 0 amide bonds. The molecule has 1 N–H and O–H groups in total. The number of aryl methyl sites for hydroxylation is 1. The first-order valence-corrected chi connectivity index (χ1v) is 7.94. The zero-order valence-corrected chi connectivity index (χ0v) is 12.5. The molecule has 2 heterocycles. The molecule has 0 atom stereocenters. The largest absolute Gasteiger partial charge is 0.461 e. The minimum absolute atomic E-state index is 0.0127. The molecule has 9 nitrogen and oxygen atoms in total. The van der Waals surface area contributed by atoms with E-state index >= 15 is 0 Å². The number of carbonyl (C=O) groups excluding carboxylic acids is 1. The normalized spacial score (nSPS) is 11.4. The molecule has 2 rings (SSSR count). The Kier molecular flexibility index (Phi) is 4.83. The average Bonchev–Trinajstić information content (AvgIpc) is 2.95. The van der Waals surface area contributed by atoms with Gasteiger partial charge in [0.25, 0.3) is 10.1 Å². The predicted molar refractivity (Wildman–Crippen MR) is 72.3 cm³/mol. The number of rotatable bonds is 6. The first-order valence-electron chi connectivity index (χ1n) is 6.33. The topological polar surface area (TPSA) is 123 Å². The van der Waals surface area contributed by atoms with Crippen LogP contribution < -0.4 is 4.68 Å². The monoisotopic (exact) mass is 328 g/mol. The van der Waals surface area contributed by atoms with Gasteiger partial charge in [0.1, 0.15) is 18.2 Å². The molecule has 0 radical (unpaired) electrons. The standard InChI is InChI=1S/C12H13N3O6S/c1-2-20-12(16)10-8-21-11(14-10)9-3-4-15(13-7-9)5-6-22(17,18)19/h3-4,7-8H,2,5-6H2,1H3/p+1. The molecule has 2 aromatic rings. The second kappa shape index (κ2) is 6.62. The van der Waals surface area contributed by atoms with Crippen LogP contribution in [-0.4, -0.2) is 41.4 Å². The van der Waals surface area contributed by atoms with Gasteiger partial charge in [-0.15, -0.1) is 0 Å². The molecule has 22 heavy (non-hydrogen) atoms. The van der Waals surface area contributed by atoms with Gasteiger partial charge in [-0.3, -0.25) is 4.55 Å². The fraction of sp³-hybridized carbons (Fsp3) is 0.333. The number of carbonyl (C=O) groups is 1. The van der Waals surface area contributed by atoms with Crippen molar-refractivity contribution in [2.75, 3.05) is 12.4 Å². The molecular formula is C12H14N3O6S+. The van der Waals surface area contributed by atoms with Crippen LogP contribution in [0.2, 0.25) is 0 Å². The Morgan fingerprint density at radius 2 is 2.27 bits per heavy atom. The van der Waals surface area contributed by atoms with Gasteiger partial charge >= 0.3 is 5.97 Å². The van der Waals surface area contributed by atoms with Crippen molar-refractivity contribution < 1.29 is 31.6 Å². The Morgan fingerprint density at radius 1 is 1.50 bits per heavy atom. The minimum Gasteiger partial charge on any atom is -0.461 e. The van der Waals surface area contributed by atoms with E-state index in [-0.39, 0.29) is 24.7 Å². The summed E-state index contributed by atoms with van der Waals surface area (Å²) >= 11 is 0. The van der Waals surface area contributed by atoms with Crippen molar-refractivity contribution in [2.45, 2.75) is 13.5 Å². The second-order valence-corrected chi connectivity index (χ2v) is 5.80. The van der Waals surface area contributed by atoms with E-state index in [4.69, 9.17) is 13.7 Å². The van der Waals surface area contributed by atoms with Crippen molar-refractivity contribution >= 4 is 16.1 Å². The molecule has 0 aliphatic rings. The van der Waals surface area contributed by atoms with Gasteiger partial charge in [-0.25, -0.2) is 9.78 Å². The third kappa shape index (κ3) is 4.33. The first-order chi connectivity index (χ1) is 10.4. The predicted octanol–water partition coefficient (Wildman–Crippen LogP) is 0.0886. The quantitative estimate of drug-likeness (QED) is 0.449. The maximum Gasteiger partial charge on any atom is 0.360 e. The lowest BCUT2D eigenvalue weighted by Gasteiger charge is -1.96. The van der Waals surface area contributed by atoms with Crippen molar-refractivity contribution in [3.63, 3.8) is 0 Å². The number of aromatic nitrogens is 3. The van der Waals surface area contributed by atoms with E-state index < -0.39 is 21.8 Å². The van der Waals surface area contributed by atoms with Crippen LogP contribution in [0.15, 0.2) is 29.1 Å². The molecule has 0 aliphatic carbocycles. The lowest BCUT2D eigenvalue weighted by Crippen LogP contribution is -2.40. The fourth-order valence-corrected chi connectivity index (χ4v) is 1.97. The van der Waals surface area contributed by atoms with Gasteiger partial charge in [0.2, 0.25) is 5.89 Å². The van der Waals surface area contributed by atoms with Crippen LogP contribution >= 0.6 is 0 Å². The van der Waals surface area contributed by atoms with Gasteiger partial charge in [0.15, 0.2) is 18.4 Å². The van der Waals surface area contributed by atoms with Crippen molar-refractivity contribution in [1.29, 1.82) is 0 Å². The Labute approximate surface area is 126 Å². The van der Waals surface area contributed by atoms with Crippen LogP contribution in [0.4, 0.5) is 0 Å². The summed E-state index contributed by atoms with van der Waals surface area (Å²) in [7, 11) is -4.04. The SMILES string of the molecule is CCOC(=O)c1coc(-c2cc[n+](CCS(=O)(=O)O)nc2)n1. The number of oxazole rings is 1. The van der Waals surface area contributed by atoms with Crippen LogP contribution in [0.25, 0.3) is 11.5 Å². The Bertz CT molecular complexity index is 753. The van der Waals surface area contributed by atoms with E-state index in [9.17, 15) is 13.2 Å². The lowest BCUT2D eigenvalue weighted by molar-refractivity contribution is -0.750. The molecule has 0 bridgehead atoms. The van der Waals surface area contributed by atoms with E-state index in [2.05, 4.69) is 10.1 Å². The summed E-state index contributed by atoms with van der Waals surface area (Å²) in [5.74, 6) is -0.821. The highest BCUT2D eigenvalue weighted by Crippen LogP contribution is 2.16. The summed E-state index contributed by atoms with van der Waals surface area (Å²) in [4.78, 5) is 15.5. The van der Waals surface area contributed by atoms with E-state index in [1.165, 1.54) is 23.3 Å². The molecule has 0 aromatic carbocycles.